The Hall–Kier alpha value is -1.63. The van der Waals surface area contributed by atoms with Gasteiger partial charge in [-0.05, 0) is 26.3 Å². The molecule has 0 aromatic heterocycles. The Morgan fingerprint density at radius 2 is 2.04 bits per heavy atom. The van der Waals surface area contributed by atoms with Crippen molar-refractivity contribution in [3.8, 4) is 0 Å². The number of ether oxygens (including phenoxy) is 3. The van der Waals surface area contributed by atoms with Crippen LogP contribution < -0.4 is 0 Å². The number of nitrogens with zero attached hydrogens (tertiary/aromatic N) is 1. The third kappa shape index (κ3) is 3.71. The topological polar surface area (TPSA) is 68.2 Å². The normalized spacial score (nSPS) is 29.6. The number of hydrogen-bond acceptors (Lipinski definition) is 5. The van der Waals surface area contributed by atoms with E-state index in [0.717, 1.165) is 5.56 Å². The van der Waals surface area contributed by atoms with Crippen LogP contribution in [0.3, 0.4) is 0 Å². The molecule has 2 saturated heterocycles. The molecule has 1 aromatic rings. The Bertz CT molecular complexity index is 571. The minimum atomic E-state index is -0.715. The number of likely N-dealkylation sites (tertiary alicyclic amines) is 1. The van der Waals surface area contributed by atoms with E-state index < -0.39 is 18.2 Å². The monoisotopic (exact) mass is 335 g/mol. The molecule has 2 aliphatic heterocycles. The highest BCUT2D eigenvalue weighted by Crippen LogP contribution is 2.34. The summed E-state index contributed by atoms with van der Waals surface area (Å²) in [5.74, 6) is 0. The highest BCUT2D eigenvalue weighted by molar-refractivity contribution is 5.69. The number of benzene rings is 1. The lowest BCUT2D eigenvalue weighted by atomic mass is 10.1. The molecule has 3 rings (SSSR count). The highest BCUT2D eigenvalue weighted by Gasteiger charge is 2.54. The van der Waals surface area contributed by atoms with Gasteiger partial charge >= 0.3 is 6.09 Å². The van der Waals surface area contributed by atoms with Crippen LogP contribution in [0.1, 0.15) is 26.3 Å². The summed E-state index contributed by atoms with van der Waals surface area (Å²) < 4.78 is 17.1. The minimum absolute atomic E-state index is 0.204. The van der Waals surface area contributed by atoms with E-state index >= 15 is 0 Å². The summed E-state index contributed by atoms with van der Waals surface area (Å²) in [4.78, 5) is 14.0. The van der Waals surface area contributed by atoms with Crippen molar-refractivity contribution in [1.82, 2.24) is 4.90 Å². The van der Waals surface area contributed by atoms with Gasteiger partial charge in [0.2, 0.25) is 0 Å². The molecule has 1 N–H and O–H groups in total. The highest BCUT2D eigenvalue weighted by atomic mass is 16.6. The van der Waals surface area contributed by atoms with Gasteiger partial charge in [0.05, 0.1) is 24.8 Å². The molecule has 0 unspecified atom stereocenters. The number of amides is 1. The van der Waals surface area contributed by atoms with E-state index in [9.17, 15) is 9.90 Å². The maximum Gasteiger partial charge on any atom is 0.410 e. The lowest BCUT2D eigenvalue weighted by Gasteiger charge is -2.27. The molecule has 0 radical (unpaired) electrons. The van der Waals surface area contributed by atoms with Gasteiger partial charge in [-0.3, -0.25) is 4.90 Å². The molecular formula is C18H25NO5. The number of rotatable bonds is 3. The first-order valence-electron chi connectivity index (χ1n) is 8.30. The second-order valence-corrected chi connectivity index (χ2v) is 7.32. The van der Waals surface area contributed by atoms with E-state index in [1.54, 1.807) is 4.90 Å². The van der Waals surface area contributed by atoms with Crippen LogP contribution in [0.2, 0.25) is 0 Å². The molecule has 0 bridgehead atoms. The van der Waals surface area contributed by atoms with Gasteiger partial charge in [0, 0.05) is 0 Å². The molecular weight excluding hydrogens is 310 g/mol. The van der Waals surface area contributed by atoms with Crippen molar-refractivity contribution in [3.63, 3.8) is 0 Å². The number of fused-ring (bicyclic) bond motifs is 1. The quantitative estimate of drug-likeness (QED) is 0.914. The van der Waals surface area contributed by atoms with Gasteiger partial charge in [-0.25, -0.2) is 4.79 Å². The van der Waals surface area contributed by atoms with Crippen LogP contribution in [0.5, 0.6) is 0 Å². The lowest BCUT2D eigenvalue weighted by Crippen LogP contribution is -2.44. The average Bonchev–Trinajstić information content (AvgIpc) is 3.06. The molecule has 6 nitrogen and oxygen atoms in total. The summed E-state index contributed by atoms with van der Waals surface area (Å²) in [5.41, 5.74) is 0.572. The van der Waals surface area contributed by atoms with Crippen LogP contribution in [-0.2, 0) is 20.8 Å². The minimum Gasteiger partial charge on any atom is -0.445 e. The molecule has 2 heterocycles. The Balaban J connectivity index is 1.66. The van der Waals surface area contributed by atoms with Gasteiger partial charge in [-0.15, -0.1) is 0 Å². The van der Waals surface area contributed by atoms with Crippen LogP contribution in [-0.4, -0.2) is 59.2 Å². The van der Waals surface area contributed by atoms with Crippen molar-refractivity contribution >= 4 is 6.09 Å². The van der Waals surface area contributed by atoms with Gasteiger partial charge in [0.15, 0.2) is 0 Å². The first kappa shape index (κ1) is 17.2. The van der Waals surface area contributed by atoms with Gasteiger partial charge < -0.3 is 19.3 Å². The van der Waals surface area contributed by atoms with E-state index in [2.05, 4.69) is 0 Å². The summed E-state index contributed by atoms with van der Waals surface area (Å²) in [5, 5.41) is 10.2. The predicted molar refractivity (Wildman–Crippen MR) is 87.5 cm³/mol. The van der Waals surface area contributed by atoms with Crippen LogP contribution in [0.4, 0.5) is 4.79 Å². The first-order chi connectivity index (χ1) is 11.3. The molecule has 2 fully saturated rings. The zero-order valence-electron chi connectivity index (χ0n) is 14.3. The van der Waals surface area contributed by atoms with E-state index in [4.69, 9.17) is 14.2 Å². The van der Waals surface area contributed by atoms with E-state index in [1.807, 2.05) is 51.1 Å². The third-order valence-corrected chi connectivity index (χ3v) is 4.24. The Labute approximate surface area is 142 Å². The van der Waals surface area contributed by atoms with Crippen LogP contribution >= 0.6 is 0 Å². The van der Waals surface area contributed by atoms with Crippen molar-refractivity contribution < 1.29 is 24.1 Å². The molecule has 132 valence electrons. The lowest BCUT2D eigenvalue weighted by molar-refractivity contribution is -0.101. The summed E-state index contributed by atoms with van der Waals surface area (Å²) in [6.45, 7) is 6.66. The Kier molecular flexibility index (Phi) is 4.80. The smallest absolute Gasteiger partial charge is 0.410 e. The molecule has 24 heavy (non-hydrogen) atoms. The summed E-state index contributed by atoms with van der Waals surface area (Å²) in [6.07, 6.45) is -1.74. The van der Waals surface area contributed by atoms with Gasteiger partial charge in [-0.1, -0.05) is 30.3 Å². The standard InChI is InChI=1S/C18H25NO5/c1-18(2,3)24-14-9-19(15-13(20)11-22-16(14)15)17(21)23-10-12-7-5-4-6-8-12/h4-8,13-16,20H,9-11H2,1-3H3/t13-,14-,15+,16+/m0/s1. The predicted octanol–water partition coefficient (Wildman–Crippen LogP) is 1.95. The molecule has 0 aliphatic carbocycles. The zero-order chi connectivity index (χ0) is 17.3. The van der Waals surface area contributed by atoms with Crippen molar-refractivity contribution in [3.05, 3.63) is 35.9 Å². The van der Waals surface area contributed by atoms with Crippen LogP contribution in [0.25, 0.3) is 0 Å². The number of aliphatic hydroxyl groups excluding tert-OH is 1. The van der Waals surface area contributed by atoms with Crippen LogP contribution in [0, 0.1) is 0 Å². The number of aliphatic hydroxyl groups is 1. The SMILES string of the molecule is CC(C)(C)O[C@H]1CN(C(=O)OCc2ccccc2)[C@H]2[C@@H]1OC[C@@H]2O. The molecule has 1 aromatic carbocycles. The summed E-state index contributed by atoms with van der Waals surface area (Å²) >= 11 is 0. The van der Waals surface area contributed by atoms with Crippen molar-refractivity contribution in [2.75, 3.05) is 13.2 Å². The van der Waals surface area contributed by atoms with Gasteiger partial charge in [-0.2, -0.15) is 0 Å². The molecule has 0 spiro atoms. The van der Waals surface area contributed by atoms with Crippen molar-refractivity contribution in [2.45, 2.75) is 57.3 Å². The Morgan fingerprint density at radius 1 is 1.33 bits per heavy atom. The van der Waals surface area contributed by atoms with Crippen molar-refractivity contribution in [2.24, 2.45) is 0 Å². The second-order valence-electron chi connectivity index (χ2n) is 7.32. The molecule has 2 aliphatic rings. The second kappa shape index (κ2) is 6.70. The fourth-order valence-corrected chi connectivity index (χ4v) is 3.31. The number of hydrogen-bond donors (Lipinski definition) is 1. The molecule has 4 atom stereocenters. The van der Waals surface area contributed by atoms with E-state index in [0.29, 0.717) is 6.54 Å². The van der Waals surface area contributed by atoms with E-state index in [1.165, 1.54) is 0 Å². The largest absolute Gasteiger partial charge is 0.445 e. The fraction of sp³-hybridized carbons (Fsp3) is 0.611. The van der Waals surface area contributed by atoms with Crippen LogP contribution in [0.15, 0.2) is 30.3 Å². The zero-order valence-corrected chi connectivity index (χ0v) is 14.3. The van der Waals surface area contributed by atoms with E-state index in [-0.39, 0.29) is 31.0 Å². The fourth-order valence-electron chi connectivity index (χ4n) is 3.31. The van der Waals surface area contributed by atoms with Crippen molar-refractivity contribution in [1.29, 1.82) is 0 Å². The third-order valence-electron chi connectivity index (χ3n) is 4.24. The number of carbonyl (C=O) groups is 1. The molecule has 6 heteroatoms. The maximum absolute atomic E-state index is 12.5. The average molecular weight is 335 g/mol. The molecule has 1 amide bonds. The molecule has 0 saturated carbocycles. The summed E-state index contributed by atoms with van der Waals surface area (Å²) in [6, 6.07) is 9.10. The number of carbonyl (C=O) groups excluding carboxylic acids is 1. The van der Waals surface area contributed by atoms with Gasteiger partial charge in [0.25, 0.3) is 0 Å². The van der Waals surface area contributed by atoms with Gasteiger partial charge in [0.1, 0.15) is 24.9 Å². The first-order valence-corrected chi connectivity index (χ1v) is 8.30. The Morgan fingerprint density at radius 3 is 2.71 bits per heavy atom. The maximum atomic E-state index is 12.5. The summed E-state index contributed by atoms with van der Waals surface area (Å²) in [7, 11) is 0.